The summed E-state index contributed by atoms with van der Waals surface area (Å²) in [4.78, 5) is 10.7. The average Bonchev–Trinajstić information content (AvgIpc) is 2.88. The maximum absolute atomic E-state index is 10.7. The zero-order valence-electron chi connectivity index (χ0n) is 10.9. The molecular formula is C14H17N3O3. The standard InChI is InChI=1S/C14H17N3O3/c15-13(14(19)20)7-10-1-3-11(4-2-10)12-8-16-17(9-12)5-6-18/h1-4,8-9,13,18H,5-7,15H2,(H,19,20)/t13-/m0/s1. The molecule has 0 saturated carbocycles. The van der Waals surface area contributed by atoms with Gasteiger partial charge in [0.2, 0.25) is 0 Å². The lowest BCUT2D eigenvalue weighted by molar-refractivity contribution is -0.138. The topological polar surface area (TPSA) is 101 Å². The first-order valence-corrected chi connectivity index (χ1v) is 6.31. The van der Waals surface area contributed by atoms with Gasteiger partial charge in [0, 0.05) is 11.8 Å². The van der Waals surface area contributed by atoms with Gasteiger partial charge in [-0.2, -0.15) is 5.10 Å². The van der Waals surface area contributed by atoms with Gasteiger partial charge in [-0.25, -0.2) is 0 Å². The lowest BCUT2D eigenvalue weighted by Crippen LogP contribution is -2.32. The molecule has 0 bridgehead atoms. The molecule has 1 atom stereocenters. The minimum Gasteiger partial charge on any atom is -0.480 e. The molecule has 0 radical (unpaired) electrons. The number of carboxylic acids is 1. The Hall–Kier alpha value is -2.18. The van der Waals surface area contributed by atoms with Crippen LogP contribution in [0.2, 0.25) is 0 Å². The highest BCUT2D eigenvalue weighted by Crippen LogP contribution is 2.19. The SMILES string of the molecule is N[C@@H](Cc1ccc(-c2cnn(CCO)c2)cc1)C(=O)O. The molecule has 0 spiro atoms. The van der Waals surface area contributed by atoms with Crippen LogP contribution < -0.4 is 5.73 Å². The van der Waals surface area contributed by atoms with E-state index in [-0.39, 0.29) is 6.61 Å². The summed E-state index contributed by atoms with van der Waals surface area (Å²) in [5, 5.41) is 21.8. The first-order valence-electron chi connectivity index (χ1n) is 6.31. The largest absolute Gasteiger partial charge is 0.480 e. The van der Waals surface area contributed by atoms with Gasteiger partial charge >= 0.3 is 5.97 Å². The Morgan fingerprint density at radius 1 is 1.30 bits per heavy atom. The number of nitrogens with zero attached hydrogens (tertiary/aromatic N) is 2. The molecule has 106 valence electrons. The molecule has 1 heterocycles. The fourth-order valence-electron chi connectivity index (χ4n) is 1.91. The van der Waals surface area contributed by atoms with Crippen LogP contribution in [0.4, 0.5) is 0 Å². The molecule has 6 heteroatoms. The fourth-order valence-corrected chi connectivity index (χ4v) is 1.91. The zero-order chi connectivity index (χ0) is 14.5. The Bertz CT molecular complexity index is 578. The van der Waals surface area contributed by atoms with Crippen molar-refractivity contribution in [2.45, 2.75) is 19.0 Å². The highest BCUT2D eigenvalue weighted by molar-refractivity contribution is 5.73. The van der Waals surface area contributed by atoms with Crippen LogP contribution in [-0.4, -0.2) is 38.6 Å². The number of aliphatic hydroxyl groups is 1. The van der Waals surface area contributed by atoms with E-state index in [1.54, 1.807) is 10.9 Å². The van der Waals surface area contributed by atoms with Gasteiger partial charge in [-0.15, -0.1) is 0 Å². The van der Waals surface area contributed by atoms with Crippen LogP contribution in [0.5, 0.6) is 0 Å². The van der Waals surface area contributed by atoms with Crippen LogP contribution in [0.1, 0.15) is 5.56 Å². The molecule has 0 saturated heterocycles. The summed E-state index contributed by atoms with van der Waals surface area (Å²) in [6, 6.07) is 6.66. The number of nitrogens with two attached hydrogens (primary N) is 1. The van der Waals surface area contributed by atoms with E-state index < -0.39 is 12.0 Å². The van der Waals surface area contributed by atoms with Gasteiger partial charge in [0.15, 0.2) is 0 Å². The molecule has 0 aliphatic carbocycles. The smallest absolute Gasteiger partial charge is 0.320 e. The van der Waals surface area contributed by atoms with Gasteiger partial charge in [0.05, 0.1) is 19.3 Å². The van der Waals surface area contributed by atoms with Crippen molar-refractivity contribution in [3.63, 3.8) is 0 Å². The van der Waals surface area contributed by atoms with Gasteiger partial charge in [-0.05, 0) is 17.5 Å². The maximum atomic E-state index is 10.7. The second kappa shape index (κ2) is 6.31. The quantitative estimate of drug-likeness (QED) is 0.712. The summed E-state index contributed by atoms with van der Waals surface area (Å²) >= 11 is 0. The fraction of sp³-hybridized carbons (Fsp3) is 0.286. The molecule has 0 aliphatic rings. The summed E-state index contributed by atoms with van der Waals surface area (Å²) in [6.07, 6.45) is 3.89. The van der Waals surface area contributed by atoms with Crippen LogP contribution >= 0.6 is 0 Å². The minimum absolute atomic E-state index is 0.0487. The summed E-state index contributed by atoms with van der Waals surface area (Å²) in [5.41, 5.74) is 8.32. The second-order valence-corrected chi connectivity index (χ2v) is 4.56. The number of benzene rings is 1. The van der Waals surface area contributed by atoms with E-state index >= 15 is 0 Å². The molecule has 2 aromatic rings. The first-order chi connectivity index (χ1) is 9.60. The number of aromatic nitrogens is 2. The van der Waals surface area contributed by atoms with Crippen molar-refractivity contribution in [2.24, 2.45) is 5.73 Å². The molecule has 1 aromatic heterocycles. The Balaban J connectivity index is 2.09. The molecule has 20 heavy (non-hydrogen) atoms. The molecule has 0 amide bonds. The van der Waals surface area contributed by atoms with Crippen molar-refractivity contribution in [3.05, 3.63) is 42.2 Å². The minimum atomic E-state index is -1.00. The Kier molecular flexibility index (Phi) is 4.49. The van der Waals surface area contributed by atoms with E-state index in [9.17, 15) is 4.79 Å². The lowest BCUT2D eigenvalue weighted by Gasteiger charge is -2.06. The number of hydrogen-bond donors (Lipinski definition) is 3. The summed E-state index contributed by atoms with van der Waals surface area (Å²) < 4.78 is 1.67. The number of carboxylic acid groups (broad SMARTS) is 1. The molecule has 0 unspecified atom stereocenters. The monoisotopic (exact) mass is 275 g/mol. The van der Waals surface area contributed by atoms with Crippen LogP contribution in [0, 0.1) is 0 Å². The predicted octanol–water partition coefficient (Wildman–Crippen LogP) is 0.497. The van der Waals surface area contributed by atoms with E-state index in [2.05, 4.69) is 5.10 Å². The maximum Gasteiger partial charge on any atom is 0.320 e. The van der Waals surface area contributed by atoms with E-state index in [0.717, 1.165) is 16.7 Å². The van der Waals surface area contributed by atoms with E-state index in [0.29, 0.717) is 13.0 Å². The molecular weight excluding hydrogens is 258 g/mol. The van der Waals surface area contributed by atoms with Crippen molar-refractivity contribution in [2.75, 3.05) is 6.61 Å². The number of rotatable bonds is 6. The van der Waals surface area contributed by atoms with Gasteiger partial charge in [0.1, 0.15) is 6.04 Å². The van der Waals surface area contributed by atoms with E-state index in [1.807, 2.05) is 30.5 Å². The third kappa shape index (κ3) is 3.43. The summed E-state index contributed by atoms with van der Waals surface area (Å²) in [6.45, 7) is 0.513. The molecule has 4 N–H and O–H groups in total. The Morgan fingerprint density at radius 2 is 2.00 bits per heavy atom. The average molecular weight is 275 g/mol. The predicted molar refractivity (Wildman–Crippen MR) is 74.1 cm³/mol. The second-order valence-electron chi connectivity index (χ2n) is 4.56. The molecule has 2 rings (SSSR count). The van der Waals surface area contributed by atoms with Gasteiger partial charge in [0.25, 0.3) is 0 Å². The highest BCUT2D eigenvalue weighted by atomic mass is 16.4. The van der Waals surface area contributed by atoms with Gasteiger partial charge < -0.3 is 15.9 Å². The Labute approximate surface area is 116 Å². The summed E-state index contributed by atoms with van der Waals surface area (Å²) in [7, 11) is 0. The molecule has 1 aromatic carbocycles. The molecule has 0 fully saturated rings. The van der Waals surface area contributed by atoms with E-state index in [4.69, 9.17) is 15.9 Å². The summed E-state index contributed by atoms with van der Waals surface area (Å²) in [5.74, 6) is -1.00. The lowest BCUT2D eigenvalue weighted by atomic mass is 10.0. The number of hydrogen-bond acceptors (Lipinski definition) is 4. The first kappa shape index (κ1) is 14.2. The van der Waals surface area contributed by atoms with Crippen molar-refractivity contribution >= 4 is 5.97 Å². The third-order valence-corrected chi connectivity index (χ3v) is 3.02. The van der Waals surface area contributed by atoms with Crippen LogP contribution in [0.3, 0.4) is 0 Å². The van der Waals surface area contributed by atoms with Crippen LogP contribution in [0.15, 0.2) is 36.7 Å². The van der Waals surface area contributed by atoms with Crippen molar-refractivity contribution in [1.29, 1.82) is 0 Å². The van der Waals surface area contributed by atoms with E-state index in [1.165, 1.54) is 0 Å². The zero-order valence-corrected chi connectivity index (χ0v) is 10.9. The number of carbonyl (C=O) groups is 1. The van der Waals surface area contributed by atoms with Crippen molar-refractivity contribution < 1.29 is 15.0 Å². The van der Waals surface area contributed by atoms with Crippen LogP contribution in [-0.2, 0) is 17.8 Å². The molecule has 0 aliphatic heterocycles. The van der Waals surface area contributed by atoms with Gasteiger partial charge in [-0.3, -0.25) is 9.48 Å². The highest BCUT2D eigenvalue weighted by Gasteiger charge is 2.12. The third-order valence-electron chi connectivity index (χ3n) is 3.02. The molecule has 6 nitrogen and oxygen atoms in total. The Morgan fingerprint density at radius 3 is 2.60 bits per heavy atom. The normalized spacial score (nSPS) is 12.3. The number of aliphatic carboxylic acids is 1. The van der Waals surface area contributed by atoms with Crippen molar-refractivity contribution in [1.82, 2.24) is 9.78 Å². The van der Waals surface area contributed by atoms with Gasteiger partial charge in [-0.1, -0.05) is 24.3 Å². The number of aliphatic hydroxyl groups excluding tert-OH is 1. The van der Waals surface area contributed by atoms with Crippen molar-refractivity contribution in [3.8, 4) is 11.1 Å². The van der Waals surface area contributed by atoms with Crippen LogP contribution in [0.25, 0.3) is 11.1 Å².